The van der Waals surface area contributed by atoms with Crippen LogP contribution in [0.5, 0.6) is 23.0 Å². The van der Waals surface area contributed by atoms with Crippen LogP contribution >= 0.6 is 0 Å². The lowest BCUT2D eigenvalue weighted by atomic mass is 9.79. The minimum Gasteiger partial charge on any atom is -0.493 e. The predicted octanol–water partition coefficient (Wildman–Crippen LogP) is 3.55. The number of hydrogen-bond donors (Lipinski definition) is 1. The zero-order chi connectivity index (χ0) is 24.3. The summed E-state index contributed by atoms with van der Waals surface area (Å²) in [5, 5.41) is 3.09. The molecule has 0 bridgehead atoms. The highest BCUT2D eigenvalue weighted by Gasteiger charge is 2.44. The molecule has 2 aromatic rings. The van der Waals surface area contributed by atoms with Gasteiger partial charge in [0.1, 0.15) is 0 Å². The van der Waals surface area contributed by atoms with Crippen LogP contribution in [-0.2, 0) is 4.79 Å². The Morgan fingerprint density at radius 2 is 1.55 bits per heavy atom. The van der Waals surface area contributed by atoms with Crippen LogP contribution in [0.15, 0.2) is 30.3 Å². The standard InChI is InChI=1S/C25H32N2O6/c1-8-14(2)26-24(28)22-16-12-20(32-6)21(33-7)13-17(16)25(29)27(3)23(22)15-9-10-18(30-4)19(11-15)31-5/h9-14,22-23H,8H2,1-7H3,(H,26,28)/t14-,22-,23-/m0/s1. The second-order valence-electron chi connectivity index (χ2n) is 8.07. The second-order valence-corrected chi connectivity index (χ2v) is 8.07. The Labute approximate surface area is 194 Å². The molecule has 1 N–H and O–H groups in total. The van der Waals surface area contributed by atoms with Gasteiger partial charge in [-0.1, -0.05) is 13.0 Å². The van der Waals surface area contributed by atoms with E-state index in [1.807, 2.05) is 26.0 Å². The lowest BCUT2D eigenvalue weighted by Gasteiger charge is -2.40. The van der Waals surface area contributed by atoms with Gasteiger partial charge < -0.3 is 29.2 Å². The quantitative estimate of drug-likeness (QED) is 0.654. The Morgan fingerprint density at radius 3 is 2.12 bits per heavy atom. The van der Waals surface area contributed by atoms with Gasteiger partial charge in [0.25, 0.3) is 5.91 Å². The molecule has 0 aromatic heterocycles. The first-order valence-corrected chi connectivity index (χ1v) is 10.9. The van der Waals surface area contributed by atoms with Crippen LogP contribution in [0.1, 0.15) is 53.7 Å². The third-order valence-corrected chi connectivity index (χ3v) is 6.21. The second kappa shape index (κ2) is 10.0. The van der Waals surface area contributed by atoms with E-state index in [1.54, 1.807) is 44.4 Å². The first-order valence-electron chi connectivity index (χ1n) is 10.9. The van der Waals surface area contributed by atoms with Crippen LogP contribution in [0.3, 0.4) is 0 Å². The number of fused-ring (bicyclic) bond motifs is 1. The van der Waals surface area contributed by atoms with Gasteiger partial charge in [0.05, 0.1) is 40.4 Å². The molecule has 2 amide bonds. The number of hydrogen-bond acceptors (Lipinski definition) is 6. The molecule has 178 valence electrons. The molecular weight excluding hydrogens is 424 g/mol. The number of nitrogens with zero attached hydrogens (tertiary/aromatic N) is 1. The molecule has 8 nitrogen and oxygen atoms in total. The van der Waals surface area contributed by atoms with Crippen molar-refractivity contribution in [3.63, 3.8) is 0 Å². The van der Waals surface area contributed by atoms with Gasteiger partial charge in [-0.2, -0.15) is 0 Å². The van der Waals surface area contributed by atoms with E-state index < -0.39 is 12.0 Å². The summed E-state index contributed by atoms with van der Waals surface area (Å²) in [7, 11) is 7.86. The van der Waals surface area contributed by atoms with Gasteiger partial charge in [-0.25, -0.2) is 0 Å². The third kappa shape index (κ3) is 4.42. The van der Waals surface area contributed by atoms with Gasteiger partial charge in [0.15, 0.2) is 23.0 Å². The Morgan fingerprint density at radius 1 is 0.970 bits per heavy atom. The SMILES string of the molecule is CC[C@H](C)NC(=O)[C@H]1c2cc(OC)c(OC)cc2C(=O)N(C)[C@H]1c1ccc(OC)c(OC)c1. The minimum atomic E-state index is -0.672. The van der Waals surface area contributed by atoms with E-state index in [-0.39, 0.29) is 17.9 Å². The summed E-state index contributed by atoms with van der Waals surface area (Å²) in [4.78, 5) is 28.6. The highest BCUT2D eigenvalue weighted by Crippen LogP contribution is 2.46. The zero-order valence-electron chi connectivity index (χ0n) is 20.2. The number of benzene rings is 2. The van der Waals surface area contributed by atoms with Crippen molar-refractivity contribution < 1.29 is 28.5 Å². The van der Waals surface area contributed by atoms with Crippen LogP contribution in [-0.4, -0.2) is 58.2 Å². The van der Waals surface area contributed by atoms with Crippen LogP contribution in [0.25, 0.3) is 0 Å². The number of methoxy groups -OCH3 is 4. The molecule has 33 heavy (non-hydrogen) atoms. The average molecular weight is 457 g/mol. The molecule has 0 spiro atoms. The van der Waals surface area contributed by atoms with E-state index >= 15 is 0 Å². The van der Waals surface area contributed by atoms with Gasteiger partial charge in [-0.3, -0.25) is 9.59 Å². The number of likely N-dealkylation sites (N-methyl/N-ethyl adjacent to an activating group) is 1. The fraction of sp³-hybridized carbons (Fsp3) is 0.440. The maximum absolute atomic E-state index is 13.6. The van der Waals surface area contributed by atoms with E-state index in [1.165, 1.54) is 14.2 Å². The van der Waals surface area contributed by atoms with E-state index in [9.17, 15) is 9.59 Å². The maximum atomic E-state index is 13.6. The first kappa shape index (κ1) is 24.2. The number of carbonyl (C=O) groups excluding carboxylic acids is 2. The van der Waals surface area contributed by atoms with Crippen molar-refractivity contribution in [2.45, 2.75) is 38.3 Å². The summed E-state index contributed by atoms with van der Waals surface area (Å²) < 4.78 is 21.7. The molecule has 2 aromatic carbocycles. The Bertz CT molecular complexity index is 1040. The summed E-state index contributed by atoms with van der Waals surface area (Å²) in [6, 6.07) is 8.23. The summed E-state index contributed by atoms with van der Waals surface area (Å²) in [6.07, 6.45) is 0.785. The zero-order valence-corrected chi connectivity index (χ0v) is 20.2. The molecule has 1 aliphatic rings. The molecule has 0 radical (unpaired) electrons. The molecule has 3 atom stereocenters. The highest BCUT2D eigenvalue weighted by molar-refractivity contribution is 6.02. The highest BCUT2D eigenvalue weighted by atomic mass is 16.5. The molecule has 0 saturated carbocycles. The largest absolute Gasteiger partial charge is 0.493 e. The Kier molecular flexibility index (Phi) is 7.36. The number of amides is 2. The number of carbonyl (C=O) groups is 2. The monoisotopic (exact) mass is 456 g/mol. The van der Waals surface area contributed by atoms with Gasteiger partial charge in [-0.05, 0) is 48.7 Å². The molecule has 3 rings (SSSR count). The Balaban J connectivity index is 2.24. The molecule has 0 unspecified atom stereocenters. The van der Waals surface area contributed by atoms with Crippen LogP contribution in [0.2, 0.25) is 0 Å². The molecule has 8 heteroatoms. The van der Waals surface area contributed by atoms with Crippen molar-refractivity contribution in [1.82, 2.24) is 10.2 Å². The van der Waals surface area contributed by atoms with Gasteiger partial charge in [0.2, 0.25) is 5.91 Å². The lowest BCUT2D eigenvalue weighted by molar-refractivity contribution is -0.124. The van der Waals surface area contributed by atoms with E-state index in [2.05, 4.69) is 5.32 Å². The first-order chi connectivity index (χ1) is 15.8. The van der Waals surface area contributed by atoms with Crippen molar-refractivity contribution >= 4 is 11.8 Å². The molecular formula is C25H32N2O6. The van der Waals surface area contributed by atoms with Crippen molar-refractivity contribution in [1.29, 1.82) is 0 Å². The van der Waals surface area contributed by atoms with E-state index in [0.29, 0.717) is 34.1 Å². The number of ether oxygens (including phenoxy) is 4. The van der Waals surface area contributed by atoms with Crippen LogP contribution in [0.4, 0.5) is 0 Å². The third-order valence-electron chi connectivity index (χ3n) is 6.21. The van der Waals surface area contributed by atoms with Crippen molar-refractivity contribution in [3.05, 3.63) is 47.0 Å². The average Bonchev–Trinajstić information content (AvgIpc) is 2.84. The van der Waals surface area contributed by atoms with Crippen molar-refractivity contribution in [2.24, 2.45) is 0 Å². The van der Waals surface area contributed by atoms with Gasteiger partial charge in [0, 0.05) is 18.7 Å². The topological polar surface area (TPSA) is 86.3 Å². The fourth-order valence-electron chi connectivity index (χ4n) is 4.22. The normalized spacial score (nSPS) is 18.3. The van der Waals surface area contributed by atoms with E-state index in [0.717, 1.165) is 12.0 Å². The summed E-state index contributed by atoms with van der Waals surface area (Å²) >= 11 is 0. The fourth-order valence-corrected chi connectivity index (χ4v) is 4.22. The summed E-state index contributed by atoms with van der Waals surface area (Å²) in [6.45, 7) is 3.96. The van der Waals surface area contributed by atoms with Crippen molar-refractivity contribution in [2.75, 3.05) is 35.5 Å². The van der Waals surface area contributed by atoms with Gasteiger partial charge in [-0.15, -0.1) is 0 Å². The molecule has 1 heterocycles. The maximum Gasteiger partial charge on any atom is 0.254 e. The minimum absolute atomic E-state index is 0.0184. The number of rotatable bonds is 8. The molecule has 0 aliphatic carbocycles. The van der Waals surface area contributed by atoms with Crippen LogP contribution < -0.4 is 24.3 Å². The Hall–Kier alpha value is -3.42. The van der Waals surface area contributed by atoms with Crippen molar-refractivity contribution in [3.8, 4) is 23.0 Å². The smallest absolute Gasteiger partial charge is 0.254 e. The summed E-state index contributed by atoms with van der Waals surface area (Å²) in [5.41, 5.74) is 1.76. The molecule has 0 fully saturated rings. The van der Waals surface area contributed by atoms with E-state index in [4.69, 9.17) is 18.9 Å². The summed E-state index contributed by atoms with van der Waals surface area (Å²) in [5.74, 6) is 0.933. The van der Waals surface area contributed by atoms with Crippen LogP contribution in [0, 0.1) is 0 Å². The lowest BCUT2D eigenvalue weighted by Crippen LogP contribution is -2.47. The predicted molar refractivity (Wildman–Crippen MR) is 125 cm³/mol. The van der Waals surface area contributed by atoms with Gasteiger partial charge >= 0.3 is 0 Å². The molecule has 0 saturated heterocycles. The molecule has 1 aliphatic heterocycles. The number of nitrogens with one attached hydrogen (secondary N) is 1.